The van der Waals surface area contributed by atoms with E-state index in [0.717, 1.165) is 6.42 Å². The first-order chi connectivity index (χ1) is 5.04. The number of rotatable bonds is 0. The van der Waals surface area contributed by atoms with Crippen molar-refractivity contribution in [1.29, 1.82) is 0 Å². The molecular weight excluding hydrogens is 322 g/mol. The number of hydrogen-bond donors (Lipinski definition) is 0. The van der Waals surface area contributed by atoms with Crippen LogP contribution in [0.1, 0.15) is 20.3 Å². The molecule has 0 nitrogen and oxygen atoms in total. The van der Waals surface area contributed by atoms with Gasteiger partial charge in [0, 0.05) is 3.92 Å². The lowest BCUT2D eigenvalue weighted by Crippen LogP contribution is -2.40. The van der Waals surface area contributed by atoms with Crippen LogP contribution in [0.15, 0.2) is 0 Å². The summed E-state index contributed by atoms with van der Waals surface area (Å²) in [5.41, 5.74) is 0. The molecule has 11 heavy (non-hydrogen) atoms. The zero-order valence-electron chi connectivity index (χ0n) is 6.73. The molecule has 1 fully saturated rings. The summed E-state index contributed by atoms with van der Waals surface area (Å²) in [5, 5.41) is 0. The summed E-state index contributed by atoms with van der Waals surface area (Å²) in [6, 6.07) is 0. The average Bonchev–Trinajstić information content (AvgIpc) is 1.97. The molecule has 0 N–H and O–H groups in total. The lowest BCUT2D eigenvalue weighted by molar-refractivity contribution is 0.146. The summed E-state index contributed by atoms with van der Waals surface area (Å²) in [6.45, 7) is 4.15. The Hall–Kier alpha value is 1.14. The Balaban J connectivity index is 2.63. The Morgan fingerprint density at radius 1 is 1.45 bits per heavy atom. The van der Waals surface area contributed by atoms with Gasteiger partial charge < -0.3 is 0 Å². The fourth-order valence-electron chi connectivity index (χ4n) is 1.50. The molecule has 66 valence electrons. The fraction of sp³-hybridized carbons (Fsp3) is 1.00. The van der Waals surface area contributed by atoms with Crippen molar-refractivity contribution in [3.63, 3.8) is 0 Å². The third-order valence-corrected chi connectivity index (χ3v) is 6.06. The van der Waals surface area contributed by atoms with Crippen molar-refractivity contribution in [2.45, 2.75) is 35.2 Å². The highest BCUT2D eigenvalue weighted by atomic mass is 127. The minimum atomic E-state index is -0.666. The molecule has 0 radical (unpaired) electrons. The fourth-order valence-corrected chi connectivity index (χ4v) is 3.40. The molecule has 0 aromatic rings. The quantitative estimate of drug-likeness (QED) is 0.469. The third kappa shape index (κ3) is 2.08. The van der Waals surface area contributed by atoms with Crippen molar-refractivity contribution in [2.75, 3.05) is 0 Å². The molecular formula is C8H13BrFI. The van der Waals surface area contributed by atoms with E-state index >= 15 is 0 Å². The highest BCUT2D eigenvalue weighted by Crippen LogP contribution is 2.39. The Morgan fingerprint density at radius 2 is 2.00 bits per heavy atom. The largest absolute Gasteiger partial charge is 0.246 e. The van der Waals surface area contributed by atoms with Crippen molar-refractivity contribution < 1.29 is 4.39 Å². The van der Waals surface area contributed by atoms with E-state index in [0.29, 0.717) is 9.84 Å². The van der Waals surface area contributed by atoms with Crippen molar-refractivity contribution in [3.05, 3.63) is 0 Å². The number of halogens is 3. The van der Waals surface area contributed by atoms with Gasteiger partial charge in [-0.25, -0.2) is 4.39 Å². The van der Waals surface area contributed by atoms with Crippen LogP contribution in [-0.4, -0.2) is 14.9 Å². The molecule has 0 amide bonds. The van der Waals surface area contributed by atoms with Crippen LogP contribution in [0.25, 0.3) is 0 Å². The molecule has 5 atom stereocenters. The Bertz CT molecular complexity index is 128. The molecule has 3 unspecified atom stereocenters. The number of alkyl halides is 3. The molecule has 1 rings (SSSR count). The van der Waals surface area contributed by atoms with Gasteiger partial charge in [0.2, 0.25) is 0 Å². The van der Waals surface area contributed by atoms with Gasteiger partial charge in [0.05, 0.1) is 4.83 Å². The second-order valence-electron chi connectivity index (χ2n) is 3.48. The molecule has 1 saturated carbocycles. The minimum Gasteiger partial charge on any atom is -0.246 e. The summed E-state index contributed by atoms with van der Waals surface area (Å²) in [5.74, 6) is 0.742. The van der Waals surface area contributed by atoms with E-state index in [9.17, 15) is 4.39 Å². The first-order valence-corrected chi connectivity index (χ1v) is 6.12. The van der Waals surface area contributed by atoms with E-state index in [2.05, 4.69) is 45.4 Å². The lowest BCUT2D eigenvalue weighted by Gasteiger charge is -2.36. The van der Waals surface area contributed by atoms with Gasteiger partial charge in [0.25, 0.3) is 0 Å². The second kappa shape index (κ2) is 3.90. The van der Waals surface area contributed by atoms with Crippen LogP contribution < -0.4 is 0 Å². The molecule has 3 heteroatoms. The van der Waals surface area contributed by atoms with Crippen LogP contribution >= 0.6 is 38.5 Å². The van der Waals surface area contributed by atoms with Crippen LogP contribution in [-0.2, 0) is 0 Å². The molecule has 0 bridgehead atoms. The monoisotopic (exact) mass is 334 g/mol. The normalized spacial score (nSPS) is 52.6. The van der Waals surface area contributed by atoms with Gasteiger partial charge in [-0.15, -0.1) is 0 Å². The smallest absolute Gasteiger partial charge is 0.116 e. The van der Waals surface area contributed by atoms with E-state index in [1.165, 1.54) is 0 Å². The third-order valence-electron chi connectivity index (χ3n) is 2.65. The molecule has 1 aliphatic rings. The average molecular weight is 335 g/mol. The second-order valence-corrected chi connectivity index (χ2v) is 6.13. The summed E-state index contributed by atoms with van der Waals surface area (Å²) in [6.07, 6.45) is 0.471. The molecule has 0 aliphatic heterocycles. The highest BCUT2D eigenvalue weighted by Gasteiger charge is 2.38. The Labute approximate surface area is 89.6 Å². The van der Waals surface area contributed by atoms with Gasteiger partial charge in [0.15, 0.2) is 0 Å². The standard InChI is InChI=1S/C8H13BrFI/c1-4-3-6(11)7(9)8(10)5(4)2/h4-8H,3H2,1-2H3/t4?,5?,6?,7-,8+/m0/s1. The van der Waals surface area contributed by atoms with Gasteiger partial charge in [-0.3, -0.25) is 0 Å². The Kier molecular flexibility index (Phi) is 3.62. The van der Waals surface area contributed by atoms with Crippen LogP contribution in [0.3, 0.4) is 0 Å². The van der Waals surface area contributed by atoms with E-state index in [1.54, 1.807) is 0 Å². The van der Waals surface area contributed by atoms with Crippen molar-refractivity contribution in [2.24, 2.45) is 11.8 Å². The Morgan fingerprint density at radius 3 is 2.55 bits per heavy atom. The molecule has 0 spiro atoms. The van der Waals surface area contributed by atoms with E-state index < -0.39 is 6.17 Å². The van der Waals surface area contributed by atoms with Crippen molar-refractivity contribution in [1.82, 2.24) is 0 Å². The maximum absolute atomic E-state index is 13.4. The predicted octanol–water partition coefficient (Wildman–Crippen LogP) is 3.57. The number of hydrogen-bond acceptors (Lipinski definition) is 0. The minimum absolute atomic E-state index is 0.0642. The van der Waals surface area contributed by atoms with Gasteiger partial charge in [0.1, 0.15) is 6.17 Å². The zero-order chi connectivity index (χ0) is 8.59. The van der Waals surface area contributed by atoms with Crippen LogP contribution in [0, 0.1) is 11.8 Å². The zero-order valence-corrected chi connectivity index (χ0v) is 10.5. The molecule has 1 aliphatic carbocycles. The topological polar surface area (TPSA) is 0 Å². The van der Waals surface area contributed by atoms with Crippen molar-refractivity contribution in [3.8, 4) is 0 Å². The summed E-state index contributed by atoms with van der Waals surface area (Å²) < 4.78 is 13.9. The predicted molar refractivity (Wildman–Crippen MR) is 58.4 cm³/mol. The molecule has 0 saturated heterocycles. The maximum Gasteiger partial charge on any atom is 0.116 e. The molecule has 0 aromatic carbocycles. The lowest BCUT2D eigenvalue weighted by atomic mass is 9.80. The van der Waals surface area contributed by atoms with Crippen LogP contribution in [0.5, 0.6) is 0 Å². The van der Waals surface area contributed by atoms with E-state index in [-0.39, 0.29) is 10.7 Å². The van der Waals surface area contributed by atoms with Crippen molar-refractivity contribution >= 4 is 38.5 Å². The highest BCUT2D eigenvalue weighted by molar-refractivity contribution is 14.1. The first-order valence-electron chi connectivity index (χ1n) is 3.96. The first kappa shape index (κ1) is 10.2. The van der Waals surface area contributed by atoms with Crippen LogP contribution in [0.4, 0.5) is 4.39 Å². The van der Waals surface area contributed by atoms with Gasteiger partial charge in [-0.05, 0) is 18.3 Å². The summed E-state index contributed by atoms with van der Waals surface area (Å²) in [7, 11) is 0. The SMILES string of the molecule is CC1CC(I)[C@H](Br)[C@H](F)C1C. The molecule has 0 heterocycles. The maximum atomic E-state index is 13.4. The van der Waals surface area contributed by atoms with Crippen LogP contribution in [0.2, 0.25) is 0 Å². The van der Waals surface area contributed by atoms with E-state index in [4.69, 9.17) is 0 Å². The summed E-state index contributed by atoms with van der Waals surface area (Å²) in [4.78, 5) is 0.0642. The van der Waals surface area contributed by atoms with E-state index in [1.807, 2.05) is 6.92 Å². The van der Waals surface area contributed by atoms with Gasteiger partial charge in [-0.1, -0.05) is 52.4 Å². The van der Waals surface area contributed by atoms with Gasteiger partial charge >= 0.3 is 0 Å². The molecule has 0 aromatic heterocycles. The van der Waals surface area contributed by atoms with Gasteiger partial charge in [-0.2, -0.15) is 0 Å². The summed E-state index contributed by atoms with van der Waals surface area (Å²) >= 11 is 5.74.